The van der Waals surface area contributed by atoms with Crippen LogP contribution in [0.15, 0.2) is 78.9 Å². The van der Waals surface area contributed by atoms with Crippen LogP contribution in [-0.2, 0) is 23.2 Å². The molecule has 14 nitrogen and oxygen atoms in total. The number of hydrogen-bond donors (Lipinski definition) is 1. The van der Waals surface area contributed by atoms with E-state index < -0.39 is 17.9 Å². The van der Waals surface area contributed by atoms with E-state index in [1.54, 1.807) is 43.1 Å². The standard InChI is InChI=1S/C51H57N7O7.C2H6/c1-5-64-47-29-36(10-17-46(47)63-4)44(18-23-52)58-50(61)40-15-11-37(30-43(40)51(58)62)57-26-21-35(22-27-57)34-19-24-56(25-20-34)32-33-8-12-38(13-9-33)65-39-14-16-41-45(31-39)55(3)54-48(41)42(7-6-28-59)49(60)53-2;1-2/h8-17,28-31,34-35,42,44H,5-7,18-22,24-27,32H2,1-4H3,(H,53,60);1-2H3. The third kappa shape index (κ3) is 10.5. The molecule has 2 fully saturated rings. The SMILES string of the molecule is CC.CCOc1cc(C(CC#N)N2C(=O)c3ccc(N4CCC(C5CCN(Cc6ccc(Oc7ccc8c(C(CCC=O)C(=O)NC)nn(C)c8c7)cc6)CC5)CC4)cc3C2=O)ccc1OC. The van der Waals surface area contributed by atoms with Crippen LogP contribution in [-0.4, -0.2) is 90.5 Å². The maximum atomic E-state index is 13.9. The van der Waals surface area contributed by atoms with Gasteiger partial charge in [0.15, 0.2) is 11.5 Å². The van der Waals surface area contributed by atoms with E-state index >= 15 is 0 Å². The first-order valence-electron chi connectivity index (χ1n) is 23.7. The summed E-state index contributed by atoms with van der Waals surface area (Å²) in [5.41, 5.74) is 5.06. The van der Waals surface area contributed by atoms with Gasteiger partial charge in [0, 0.05) is 57.3 Å². The number of benzene rings is 4. The minimum atomic E-state index is -0.764. The van der Waals surface area contributed by atoms with Crippen LogP contribution in [0.5, 0.6) is 23.0 Å². The Morgan fingerprint density at radius 2 is 1.57 bits per heavy atom. The molecule has 2 unspecified atom stereocenters. The van der Waals surface area contributed by atoms with E-state index in [-0.39, 0.29) is 24.7 Å². The molecule has 3 amide bonds. The second kappa shape index (κ2) is 22.2. The summed E-state index contributed by atoms with van der Waals surface area (Å²) in [5, 5.41) is 18.0. The molecule has 4 heterocycles. The fraction of sp³-hybridized carbons (Fsp3) is 0.434. The molecule has 0 spiro atoms. The van der Waals surface area contributed by atoms with Gasteiger partial charge in [-0.15, -0.1) is 0 Å². The van der Waals surface area contributed by atoms with E-state index in [1.165, 1.54) is 23.3 Å². The summed E-state index contributed by atoms with van der Waals surface area (Å²) in [4.78, 5) is 57.5. The smallest absolute Gasteiger partial charge is 0.262 e. The van der Waals surface area contributed by atoms with Gasteiger partial charge in [0.25, 0.3) is 11.8 Å². The molecule has 5 aromatic rings. The Balaban J connectivity index is 0.00000329. The topological polar surface area (TPSA) is 159 Å². The van der Waals surface area contributed by atoms with E-state index in [0.717, 1.165) is 74.2 Å². The predicted octanol–water partition coefficient (Wildman–Crippen LogP) is 8.99. The summed E-state index contributed by atoms with van der Waals surface area (Å²) in [6, 6.07) is 26.3. The van der Waals surface area contributed by atoms with Crippen LogP contribution in [0, 0.1) is 23.2 Å². The highest BCUT2D eigenvalue weighted by molar-refractivity contribution is 6.22. The number of carbonyl (C=O) groups excluding carboxylic acids is 4. The predicted molar refractivity (Wildman–Crippen MR) is 258 cm³/mol. The van der Waals surface area contributed by atoms with Gasteiger partial charge in [-0.25, -0.2) is 0 Å². The van der Waals surface area contributed by atoms with E-state index in [1.807, 2.05) is 70.3 Å². The number of aryl methyl sites for hydroxylation is 1. The zero-order valence-electron chi connectivity index (χ0n) is 39.6. The van der Waals surface area contributed by atoms with Crippen molar-refractivity contribution in [1.29, 1.82) is 5.26 Å². The quantitative estimate of drug-likeness (QED) is 0.0701. The Morgan fingerprint density at radius 1 is 0.881 bits per heavy atom. The van der Waals surface area contributed by atoms with Crippen molar-refractivity contribution >= 4 is 40.6 Å². The number of methoxy groups -OCH3 is 1. The number of likely N-dealkylation sites (tertiary alicyclic amines) is 1. The monoisotopic (exact) mass is 909 g/mol. The molecule has 14 heteroatoms. The summed E-state index contributed by atoms with van der Waals surface area (Å²) >= 11 is 0. The van der Waals surface area contributed by atoms with Crippen molar-refractivity contribution < 1.29 is 33.4 Å². The first kappa shape index (κ1) is 48.2. The number of aldehydes is 1. The lowest BCUT2D eigenvalue weighted by atomic mass is 9.78. The molecule has 0 bridgehead atoms. The van der Waals surface area contributed by atoms with Crippen LogP contribution in [0.25, 0.3) is 10.9 Å². The van der Waals surface area contributed by atoms with Crippen LogP contribution in [0.4, 0.5) is 5.69 Å². The minimum absolute atomic E-state index is 0.0448. The highest BCUT2D eigenvalue weighted by Crippen LogP contribution is 2.40. The number of aromatic nitrogens is 2. The fourth-order valence-electron chi connectivity index (χ4n) is 10.00. The maximum Gasteiger partial charge on any atom is 0.262 e. The number of piperidine rings is 2. The van der Waals surface area contributed by atoms with Gasteiger partial charge in [-0.05, 0) is 130 Å². The van der Waals surface area contributed by atoms with E-state index in [0.29, 0.717) is 64.5 Å². The van der Waals surface area contributed by atoms with E-state index in [4.69, 9.17) is 14.2 Å². The number of nitriles is 1. The van der Waals surface area contributed by atoms with Crippen molar-refractivity contribution in [2.75, 3.05) is 51.8 Å². The zero-order valence-corrected chi connectivity index (χ0v) is 39.6. The Morgan fingerprint density at radius 3 is 2.22 bits per heavy atom. The highest BCUT2D eigenvalue weighted by atomic mass is 16.5. The lowest BCUT2D eigenvalue weighted by Crippen LogP contribution is -2.40. The fourth-order valence-corrected chi connectivity index (χ4v) is 10.00. The molecule has 2 atom stereocenters. The van der Waals surface area contributed by atoms with Crippen LogP contribution < -0.4 is 24.4 Å². The van der Waals surface area contributed by atoms with Gasteiger partial charge < -0.3 is 29.2 Å². The van der Waals surface area contributed by atoms with Crippen molar-refractivity contribution in [3.8, 4) is 29.1 Å². The number of rotatable bonds is 17. The molecule has 1 N–H and O–H groups in total. The van der Waals surface area contributed by atoms with Gasteiger partial charge in [0.2, 0.25) is 5.91 Å². The van der Waals surface area contributed by atoms with Gasteiger partial charge in [-0.1, -0.05) is 32.0 Å². The van der Waals surface area contributed by atoms with E-state index in [9.17, 15) is 24.4 Å². The summed E-state index contributed by atoms with van der Waals surface area (Å²) < 4.78 is 19.2. The van der Waals surface area contributed by atoms with Gasteiger partial charge in [0.1, 0.15) is 17.8 Å². The summed E-state index contributed by atoms with van der Waals surface area (Å²) in [5.74, 6) is 2.31. The molecule has 1 aromatic heterocycles. The number of carbonyl (C=O) groups is 4. The molecule has 3 aliphatic heterocycles. The van der Waals surface area contributed by atoms with E-state index in [2.05, 4.69) is 38.4 Å². The third-order valence-electron chi connectivity index (χ3n) is 13.5. The number of ether oxygens (including phenoxy) is 3. The van der Waals surface area contributed by atoms with Crippen LogP contribution in [0.3, 0.4) is 0 Å². The molecule has 352 valence electrons. The third-order valence-corrected chi connectivity index (χ3v) is 13.5. The zero-order chi connectivity index (χ0) is 47.6. The summed E-state index contributed by atoms with van der Waals surface area (Å²) in [7, 11) is 4.99. The van der Waals surface area contributed by atoms with Gasteiger partial charge in [-0.2, -0.15) is 10.4 Å². The van der Waals surface area contributed by atoms with Gasteiger partial charge in [-0.3, -0.25) is 28.9 Å². The maximum absolute atomic E-state index is 13.9. The molecular formula is C53H63N7O7. The average Bonchev–Trinajstić information content (AvgIpc) is 3.82. The number of hydrogen-bond acceptors (Lipinski definition) is 11. The minimum Gasteiger partial charge on any atom is -0.493 e. The lowest BCUT2D eigenvalue weighted by Gasteiger charge is -2.41. The molecule has 0 saturated carbocycles. The van der Waals surface area contributed by atoms with Crippen LogP contribution in [0.1, 0.15) is 115 Å². The Labute approximate surface area is 393 Å². The Kier molecular flexibility index (Phi) is 16.0. The van der Waals surface area contributed by atoms with Crippen molar-refractivity contribution in [3.63, 3.8) is 0 Å². The van der Waals surface area contributed by atoms with Crippen molar-refractivity contribution in [1.82, 2.24) is 24.9 Å². The molecule has 0 aliphatic carbocycles. The summed E-state index contributed by atoms with van der Waals surface area (Å²) in [6.45, 7) is 11.1. The molecule has 8 rings (SSSR count). The molecule has 2 saturated heterocycles. The molecule has 0 radical (unpaired) electrons. The van der Waals surface area contributed by atoms with Gasteiger partial charge in [0.05, 0.1) is 60.5 Å². The Hall–Kier alpha value is -6.72. The first-order valence-corrected chi connectivity index (χ1v) is 23.7. The number of likely N-dealkylation sites (N-methyl/N-ethyl adjacent to an activating group) is 1. The number of nitrogens with one attached hydrogen (secondary N) is 1. The van der Waals surface area contributed by atoms with Crippen molar-refractivity contribution in [2.45, 2.75) is 84.2 Å². The molecule has 3 aliphatic rings. The number of anilines is 1. The molecule has 67 heavy (non-hydrogen) atoms. The normalized spacial score (nSPS) is 16.4. The van der Waals surface area contributed by atoms with Crippen LogP contribution in [0.2, 0.25) is 0 Å². The number of imide groups is 1. The number of fused-ring (bicyclic) bond motifs is 2. The first-order chi connectivity index (χ1) is 32.6. The molecular weight excluding hydrogens is 847 g/mol. The van der Waals surface area contributed by atoms with Crippen molar-refractivity contribution in [3.05, 3.63) is 107 Å². The van der Waals surface area contributed by atoms with Crippen molar-refractivity contribution in [2.24, 2.45) is 18.9 Å². The second-order valence-electron chi connectivity index (χ2n) is 17.2. The molecule has 4 aromatic carbocycles. The largest absolute Gasteiger partial charge is 0.493 e. The van der Waals surface area contributed by atoms with Crippen LogP contribution >= 0.6 is 0 Å². The summed E-state index contributed by atoms with van der Waals surface area (Å²) in [6.07, 6.45) is 5.96. The lowest BCUT2D eigenvalue weighted by molar-refractivity contribution is -0.122. The number of amides is 3. The Bertz CT molecular complexity index is 2590. The second-order valence-corrected chi connectivity index (χ2v) is 17.2. The average molecular weight is 910 g/mol. The van der Waals surface area contributed by atoms with Gasteiger partial charge >= 0.3 is 0 Å². The highest BCUT2D eigenvalue weighted by Gasteiger charge is 2.41. The number of nitrogens with zero attached hydrogens (tertiary/aromatic N) is 6.